The number of carbonyl (C=O) groups excluding carboxylic acids is 1. The second kappa shape index (κ2) is 7.35. The standard InChI is InChI=1S/C22H24N4O/c1-15-10-16(2)26(25-15)14-18-8-9-21(23-13-18)19-4-3-5-20(11-19)22(27)24-12-17-6-7-17/h3-5,8-11,13,17H,6-7,12,14H2,1-2H3,(H,24,27). The van der Waals surface area contributed by atoms with Crippen molar-refractivity contribution in [2.24, 2.45) is 5.92 Å². The topological polar surface area (TPSA) is 59.8 Å². The van der Waals surface area contributed by atoms with E-state index in [4.69, 9.17) is 0 Å². The number of hydrogen-bond acceptors (Lipinski definition) is 3. The zero-order valence-electron chi connectivity index (χ0n) is 15.8. The summed E-state index contributed by atoms with van der Waals surface area (Å²) < 4.78 is 1.98. The van der Waals surface area contributed by atoms with Crippen molar-refractivity contribution in [3.63, 3.8) is 0 Å². The van der Waals surface area contributed by atoms with Crippen molar-refractivity contribution in [1.29, 1.82) is 0 Å². The van der Waals surface area contributed by atoms with Gasteiger partial charge in [0.15, 0.2) is 0 Å². The summed E-state index contributed by atoms with van der Waals surface area (Å²) in [6.45, 7) is 5.54. The first-order valence-electron chi connectivity index (χ1n) is 9.43. The average molecular weight is 360 g/mol. The highest BCUT2D eigenvalue weighted by molar-refractivity contribution is 5.95. The zero-order valence-corrected chi connectivity index (χ0v) is 15.8. The molecule has 0 unspecified atom stereocenters. The van der Waals surface area contributed by atoms with E-state index >= 15 is 0 Å². The fourth-order valence-electron chi connectivity index (χ4n) is 3.18. The van der Waals surface area contributed by atoms with Crippen LogP contribution in [0.25, 0.3) is 11.3 Å². The molecule has 1 N–H and O–H groups in total. The van der Waals surface area contributed by atoms with Crippen LogP contribution in [0.15, 0.2) is 48.7 Å². The molecule has 1 saturated carbocycles. The van der Waals surface area contributed by atoms with Crippen molar-refractivity contribution >= 4 is 5.91 Å². The highest BCUT2D eigenvalue weighted by Crippen LogP contribution is 2.27. The lowest BCUT2D eigenvalue weighted by molar-refractivity contribution is 0.0952. The van der Waals surface area contributed by atoms with Crippen molar-refractivity contribution in [3.8, 4) is 11.3 Å². The largest absolute Gasteiger partial charge is 0.352 e. The molecule has 5 heteroatoms. The monoisotopic (exact) mass is 360 g/mol. The van der Waals surface area contributed by atoms with E-state index < -0.39 is 0 Å². The average Bonchev–Trinajstić information content (AvgIpc) is 3.45. The molecule has 138 valence electrons. The van der Waals surface area contributed by atoms with Crippen LogP contribution in [0.4, 0.5) is 0 Å². The maximum Gasteiger partial charge on any atom is 0.251 e. The van der Waals surface area contributed by atoms with E-state index in [1.54, 1.807) is 0 Å². The van der Waals surface area contributed by atoms with Crippen molar-refractivity contribution < 1.29 is 4.79 Å². The lowest BCUT2D eigenvalue weighted by atomic mass is 10.1. The van der Waals surface area contributed by atoms with E-state index in [2.05, 4.69) is 34.5 Å². The van der Waals surface area contributed by atoms with E-state index in [1.807, 2.05) is 48.1 Å². The van der Waals surface area contributed by atoms with Gasteiger partial charge in [-0.3, -0.25) is 14.5 Å². The Bertz CT molecular complexity index is 955. The summed E-state index contributed by atoms with van der Waals surface area (Å²) >= 11 is 0. The van der Waals surface area contributed by atoms with Gasteiger partial charge < -0.3 is 5.32 Å². The minimum absolute atomic E-state index is 0.00935. The number of carbonyl (C=O) groups is 1. The fourth-order valence-corrected chi connectivity index (χ4v) is 3.18. The molecule has 1 aliphatic carbocycles. The van der Waals surface area contributed by atoms with Gasteiger partial charge in [-0.1, -0.05) is 18.2 Å². The fraction of sp³-hybridized carbons (Fsp3) is 0.318. The molecule has 1 aromatic carbocycles. The van der Waals surface area contributed by atoms with Gasteiger partial charge in [-0.25, -0.2) is 0 Å². The first kappa shape index (κ1) is 17.5. The smallest absolute Gasteiger partial charge is 0.251 e. The SMILES string of the molecule is Cc1cc(C)n(Cc2ccc(-c3cccc(C(=O)NCC4CC4)c3)nc2)n1. The van der Waals surface area contributed by atoms with Crippen LogP contribution in [-0.4, -0.2) is 27.2 Å². The molecule has 1 aliphatic rings. The van der Waals surface area contributed by atoms with E-state index in [0.717, 1.165) is 34.8 Å². The lowest BCUT2D eigenvalue weighted by Crippen LogP contribution is -2.25. The summed E-state index contributed by atoms with van der Waals surface area (Å²) in [7, 11) is 0. The van der Waals surface area contributed by atoms with Gasteiger partial charge in [0.2, 0.25) is 0 Å². The first-order chi connectivity index (χ1) is 13.1. The van der Waals surface area contributed by atoms with Gasteiger partial charge >= 0.3 is 0 Å². The number of nitrogens with one attached hydrogen (secondary N) is 1. The number of benzene rings is 1. The Morgan fingerprint density at radius 1 is 1.19 bits per heavy atom. The van der Waals surface area contributed by atoms with E-state index in [-0.39, 0.29) is 5.91 Å². The third-order valence-corrected chi connectivity index (χ3v) is 4.93. The number of rotatable bonds is 6. The summed E-state index contributed by atoms with van der Waals surface area (Å²) in [5, 5.41) is 7.51. The molecule has 0 bridgehead atoms. The predicted octanol–water partition coefficient (Wildman–Crippen LogP) is 3.75. The number of hydrogen-bond donors (Lipinski definition) is 1. The molecule has 0 saturated heterocycles. The molecule has 5 nitrogen and oxygen atoms in total. The van der Waals surface area contributed by atoms with Crippen molar-refractivity contribution in [2.45, 2.75) is 33.2 Å². The van der Waals surface area contributed by atoms with Crippen molar-refractivity contribution in [2.75, 3.05) is 6.54 Å². The maximum absolute atomic E-state index is 12.3. The van der Waals surface area contributed by atoms with Crippen molar-refractivity contribution in [1.82, 2.24) is 20.1 Å². The Morgan fingerprint density at radius 3 is 2.70 bits per heavy atom. The molecule has 27 heavy (non-hydrogen) atoms. The van der Waals surface area contributed by atoms with Gasteiger partial charge in [-0.05, 0) is 62.4 Å². The third kappa shape index (κ3) is 4.25. The van der Waals surface area contributed by atoms with Crippen LogP contribution in [0.2, 0.25) is 0 Å². The Kier molecular flexibility index (Phi) is 4.75. The highest BCUT2D eigenvalue weighted by Gasteiger charge is 2.21. The molecule has 0 radical (unpaired) electrons. The van der Waals surface area contributed by atoms with Gasteiger partial charge in [0.1, 0.15) is 0 Å². The molecular weight excluding hydrogens is 336 g/mol. The predicted molar refractivity (Wildman–Crippen MR) is 106 cm³/mol. The Morgan fingerprint density at radius 2 is 2.04 bits per heavy atom. The molecule has 3 aromatic rings. The quantitative estimate of drug-likeness (QED) is 0.728. The lowest BCUT2D eigenvalue weighted by Gasteiger charge is -2.08. The van der Waals surface area contributed by atoms with Gasteiger partial charge in [0.25, 0.3) is 5.91 Å². The van der Waals surface area contributed by atoms with Gasteiger partial charge in [-0.15, -0.1) is 0 Å². The number of nitrogens with zero attached hydrogens (tertiary/aromatic N) is 3. The molecular formula is C22H24N4O. The Balaban J connectivity index is 1.47. The van der Waals surface area contributed by atoms with E-state index in [9.17, 15) is 4.79 Å². The molecule has 1 amide bonds. The van der Waals surface area contributed by atoms with Crippen LogP contribution in [0.5, 0.6) is 0 Å². The minimum atomic E-state index is -0.00935. The van der Waals surface area contributed by atoms with Crippen LogP contribution >= 0.6 is 0 Å². The van der Waals surface area contributed by atoms with Crippen LogP contribution in [0.3, 0.4) is 0 Å². The zero-order chi connectivity index (χ0) is 18.8. The summed E-state index contributed by atoms with van der Waals surface area (Å²) in [5.74, 6) is 0.665. The summed E-state index contributed by atoms with van der Waals surface area (Å²) in [6.07, 6.45) is 4.34. The van der Waals surface area contributed by atoms with Crippen LogP contribution in [0.1, 0.15) is 40.2 Å². The van der Waals surface area contributed by atoms with Crippen LogP contribution in [-0.2, 0) is 6.54 Å². The molecule has 1 fully saturated rings. The highest BCUT2D eigenvalue weighted by atomic mass is 16.1. The summed E-state index contributed by atoms with van der Waals surface area (Å²) in [5.41, 5.74) is 5.76. The maximum atomic E-state index is 12.3. The van der Waals surface area contributed by atoms with Gasteiger partial charge in [0, 0.05) is 29.6 Å². The van der Waals surface area contributed by atoms with Crippen LogP contribution in [0, 0.1) is 19.8 Å². The van der Waals surface area contributed by atoms with Crippen molar-refractivity contribution in [3.05, 3.63) is 71.2 Å². The number of pyridine rings is 1. The second-order valence-corrected chi connectivity index (χ2v) is 7.37. The second-order valence-electron chi connectivity index (χ2n) is 7.37. The number of aryl methyl sites for hydroxylation is 2. The van der Waals surface area contributed by atoms with Crippen LogP contribution < -0.4 is 5.32 Å². The molecule has 2 aromatic heterocycles. The number of aromatic nitrogens is 3. The van der Waals surface area contributed by atoms with Gasteiger partial charge in [0.05, 0.1) is 17.9 Å². The summed E-state index contributed by atoms with van der Waals surface area (Å²) in [6, 6.07) is 13.8. The minimum Gasteiger partial charge on any atom is -0.352 e. The molecule has 4 rings (SSSR count). The molecule has 0 atom stereocenters. The number of amides is 1. The first-order valence-corrected chi connectivity index (χ1v) is 9.43. The molecule has 0 aliphatic heterocycles. The van der Waals surface area contributed by atoms with E-state index in [1.165, 1.54) is 12.8 Å². The Labute approximate surface area is 159 Å². The Hall–Kier alpha value is -2.95. The molecule has 0 spiro atoms. The van der Waals surface area contributed by atoms with Gasteiger partial charge in [-0.2, -0.15) is 5.10 Å². The third-order valence-electron chi connectivity index (χ3n) is 4.93. The normalized spacial score (nSPS) is 13.6. The molecule has 2 heterocycles. The summed E-state index contributed by atoms with van der Waals surface area (Å²) in [4.78, 5) is 16.9. The van der Waals surface area contributed by atoms with E-state index in [0.29, 0.717) is 18.0 Å².